The molecule has 1 aromatic carbocycles. The van der Waals surface area contributed by atoms with Crippen molar-refractivity contribution >= 4 is 29.9 Å². The van der Waals surface area contributed by atoms with E-state index in [9.17, 15) is 0 Å². The third-order valence-electron chi connectivity index (χ3n) is 3.03. The molecule has 1 aromatic heterocycles. The van der Waals surface area contributed by atoms with Crippen LogP contribution in [0.1, 0.15) is 24.5 Å². The number of aromatic nitrogens is 3. The first-order valence-electron chi connectivity index (χ1n) is 7.16. The topological polar surface area (TPSA) is 67.1 Å². The summed E-state index contributed by atoms with van der Waals surface area (Å²) in [6, 6.07) is 8.42. The molecule has 0 aliphatic rings. The fourth-order valence-electron chi connectivity index (χ4n) is 1.99. The maximum Gasteiger partial charge on any atom is 0.191 e. The van der Waals surface area contributed by atoms with Gasteiger partial charge in [0, 0.05) is 20.1 Å². The van der Waals surface area contributed by atoms with Crippen molar-refractivity contribution in [3.05, 3.63) is 48.0 Å². The second-order valence-electron chi connectivity index (χ2n) is 4.77. The molecule has 0 radical (unpaired) electrons. The molecule has 0 saturated carbocycles. The Kier molecular flexibility index (Phi) is 8.49. The van der Waals surface area contributed by atoms with E-state index >= 15 is 0 Å². The molecule has 22 heavy (non-hydrogen) atoms. The van der Waals surface area contributed by atoms with E-state index in [4.69, 9.17) is 0 Å². The summed E-state index contributed by atoms with van der Waals surface area (Å²) in [4.78, 5) is 8.15. The van der Waals surface area contributed by atoms with Gasteiger partial charge in [0.15, 0.2) is 5.96 Å². The van der Waals surface area contributed by atoms with Gasteiger partial charge in [-0.2, -0.15) is 5.10 Å². The molecule has 0 spiro atoms. The monoisotopic (exact) mass is 414 g/mol. The van der Waals surface area contributed by atoms with Crippen molar-refractivity contribution in [2.45, 2.75) is 26.4 Å². The second-order valence-corrected chi connectivity index (χ2v) is 4.77. The van der Waals surface area contributed by atoms with Crippen molar-refractivity contribution in [3.63, 3.8) is 0 Å². The summed E-state index contributed by atoms with van der Waals surface area (Å²) in [5.41, 5.74) is 2.42. The molecular formula is C15H23IN6. The highest BCUT2D eigenvalue weighted by molar-refractivity contribution is 14.0. The third-order valence-corrected chi connectivity index (χ3v) is 3.03. The molecule has 6 nitrogen and oxygen atoms in total. The van der Waals surface area contributed by atoms with Crippen molar-refractivity contribution in [2.75, 3.05) is 13.6 Å². The highest BCUT2D eigenvalue weighted by Gasteiger charge is 2.00. The van der Waals surface area contributed by atoms with E-state index in [2.05, 4.69) is 56.9 Å². The summed E-state index contributed by atoms with van der Waals surface area (Å²) in [6.45, 7) is 4.53. The second kappa shape index (κ2) is 10.1. The minimum atomic E-state index is 0. The Hall–Kier alpha value is -1.64. The summed E-state index contributed by atoms with van der Waals surface area (Å²) < 4.78 is 1.81. The Balaban J connectivity index is 0.00000242. The Labute approximate surface area is 148 Å². The van der Waals surface area contributed by atoms with Crippen LogP contribution in [0.3, 0.4) is 0 Å². The van der Waals surface area contributed by atoms with E-state index in [1.807, 2.05) is 4.68 Å². The molecule has 0 bridgehead atoms. The van der Waals surface area contributed by atoms with Crippen molar-refractivity contribution in [3.8, 4) is 0 Å². The van der Waals surface area contributed by atoms with E-state index in [1.165, 1.54) is 11.1 Å². The number of benzene rings is 1. The minimum Gasteiger partial charge on any atom is -0.356 e. The molecule has 2 N–H and O–H groups in total. The number of nitrogens with one attached hydrogen (secondary N) is 2. The molecule has 2 aromatic rings. The number of nitrogens with zero attached hydrogens (tertiary/aromatic N) is 4. The normalized spacial score (nSPS) is 10.9. The Bertz CT molecular complexity index is 567. The lowest BCUT2D eigenvalue weighted by atomic mass is 10.1. The SMILES string of the molecule is CCCNC(=NC)NCc1cccc(Cn2cncn2)c1.I. The first-order valence-corrected chi connectivity index (χ1v) is 7.16. The average Bonchev–Trinajstić information content (AvgIpc) is 3.01. The zero-order chi connectivity index (χ0) is 14.9. The van der Waals surface area contributed by atoms with Gasteiger partial charge in [-0.25, -0.2) is 9.67 Å². The van der Waals surface area contributed by atoms with Crippen molar-refractivity contribution < 1.29 is 0 Å². The van der Waals surface area contributed by atoms with Gasteiger partial charge in [-0.1, -0.05) is 31.2 Å². The minimum absolute atomic E-state index is 0. The van der Waals surface area contributed by atoms with Crippen molar-refractivity contribution in [1.29, 1.82) is 0 Å². The van der Waals surface area contributed by atoms with Gasteiger partial charge >= 0.3 is 0 Å². The van der Waals surface area contributed by atoms with Crippen molar-refractivity contribution in [1.82, 2.24) is 25.4 Å². The molecule has 0 fully saturated rings. The first kappa shape index (κ1) is 18.4. The number of aliphatic imine (C=N–C) groups is 1. The fraction of sp³-hybridized carbons (Fsp3) is 0.400. The van der Waals surface area contributed by atoms with Gasteiger partial charge in [-0.05, 0) is 17.5 Å². The Morgan fingerprint density at radius 2 is 2.09 bits per heavy atom. The van der Waals surface area contributed by atoms with Gasteiger partial charge in [-0.15, -0.1) is 24.0 Å². The van der Waals surface area contributed by atoms with Crippen LogP contribution in [0.25, 0.3) is 0 Å². The number of hydrogen-bond acceptors (Lipinski definition) is 3. The molecule has 2 rings (SSSR count). The number of rotatable bonds is 6. The van der Waals surface area contributed by atoms with Crippen LogP contribution < -0.4 is 10.6 Å². The lowest BCUT2D eigenvalue weighted by molar-refractivity contribution is 0.683. The molecule has 120 valence electrons. The van der Waals surface area contributed by atoms with E-state index in [0.29, 0.717) is 0 Å². The maximum absolute atomic E-state index is 4.20. The predicted octanol–water partition coefficient (Wildman–Crippen LogP) is 2.02. The highest BCUT2D eigenvalue weighted by Crippen LogP contribution is 2.06. The van der Waals surface area contributed by atoms with Gasteiger partial charge in [0.05, 0.1) is 6.54 Å². The molecule has 0 saturated heterocycles. The predicted molar refractivity (Wildman–Crippen MR) is 99.5 cm³/mol. The van der Waals surface area contributed by atoms with E-state index in [1.54, 1.807) is 19.7 Å². The van der Waals surface area contributed by atoms with Crippen LogP contribution in [0.15, 0.2) is 41.9 Å². The van der Waals surface area contributed by atoms with Crippen LogP contribution >= 0.6 is 24.0 Å². The average molecular weight is 414 g/mol. The van der Waals surface area contributed by atoms with Crippen LogP contribution in [-0.4, -0.2) is 34.3 Å². The molecule has 0 atom stereocenters. The van der Waals surface area contributed by atoms with Crippen LogP contribution in [0.4, 0.5) is 0 Å². The van der Waals surface area contributed by atoms with Gasteiger partial charge in [0.1, 0.15) is 12.7 Å². The fourth-order valence-corrected chi connectivity index (χ4v) is 1.99. The summed E-state index contributed by atoms with van der Waals surface area (Å²) in [5.74, 6) is 0.832. The summed E-state index contributed by atoms with van der Waals surface area (Å²) in [5, 5.41) is 10.7. The van der Waals surface area contributed by atoms with E-state index in [-0.39, 0.29) is 24.0 Å². The lowest BCUT2D eigenvalue weighted by Gasteiger charge is -2.11. The number of hydrogen-bond donors (Lipinski definition) is 2. The largest absolute Gasteiger partial charge is 0.356 e. The van der Waals surface area contributed by atoms with E-state index in [0.717, 1.165) is 32.0 Å². The smallest absolute Gasteiger partial charge is 0.191 e. The maximum atomic E-state index is 4.20. The van der Waals surface area contributed by atoms with Crippen molar-refractivity contribution in [2.24, 2.45) is 4.99 Å². The molecule has 0 unspecified atom stereocenters. The molecule has 1 heterocycles. The molecular weight excluding hydrogens is 391 g/mol. The molecule has 0 amide bonds. The van der Waals surface area contributed by atoms with Crippen LogP contribution in [0.5, 0.6) is 0 Å². The van der Waals surface area contributed by atoms with Gasteiger partial charge in [-0.3, -0.25) is 4.99 Å². The van der Waals surface area contributed by atoms with Gasteiger partial charge in [0.2, 0.25) is 0 Å². The Morgan fingerprint density at radius 1 is 1.27 bits per heavy atom. The zero-order valence-corrected chi connectivity index (χ0v) is 15.3. The quantitative estimate of drug-likeness (QED) is 0.431. The molecule has 7 heteroatoms. The highest BCUT2D eigenvalue weighted by atomic mass is 127. The molecule has 0 aliphatic carbocycles. The third kappa shape index (κ3) is 6.00. The Morgan fingerprint density at radius 3 is 2.77 bits per heavy atom. The number of guanidine groups is 1. The van der Waals surface area contributed by atoms with Crippen LogP contribution in [0, 0.1) is 0 Å². The molecule has 0 aliphatic heterocycles. The van der Waals surface area contributed by atoms with Crippen LogP contribution in [-0.2, 0) is 13.1 Å². The summed E-state index contributed by atoms with van der Waals surface area (Å²) >= 11 is 0. The van der Waals surface area contributed by atoms with E-state index < -0.39 is 0 Å². The van der Waals surface area contributed by atoms with Gasteiger partial charge < -0.3 is 10.6 Å². The first-order chi connectivity index (χ1) is 10.3. The standard InChI is InChI=1S/C15H22N6.HI/c1-3-7-18-15(16-2)19-9-13-5-4-6-14(8-13)10-21-12-17-11-20-21;/h4-6,8,11-12H,3,7,9-10H2,1-2H3,(H2,16,18,19);1H. The zero-order valence-electron chi connectivity index (χ0n) is 13.0. The van der Waals surface area contributed by atoms with Crippen LogP contribution in [0.2, 0.25) is 0 Å². The lowest BCUT2D eigenvalue weighted by Crippen LogP contribution is -2.37. The summed E-state index contributed by atoms with van der Waals surface area (Å²) in [6.07, 6.45) is 4.35. The number of halogens is 1. The van der Waals surface area contributed by atoms with Gasteiger partial charge in [0.25, 0.3) is 0 Å². The summed E-state index contributed by atoms with van der Waals surface area (Å²) in [7, 11) is 1.78.